The lowest BCUT2D eigenvalue weighted by molar-refractivity contribution is 0.400. The van der Waals surface area contributed by atoms with Crippen LogP contribution in [0.3, 0.4) is 0 Å². The SMILES string of the molecule is O=c1cc(Cl)[nH]c(=O)n1CC1CCSCC1. The number of nitrogens with one attached hydrogen (secondary N) is 1. The molecule has 0 aromatic carbocycles. The van der Waals surface area contributed by atoms with Gasteiger partial charge in [0.15, 0.2) is 0 Å². The Hall–Kier alpha value is -0.680. The van der Waals surface area contributed by atoms with Crippen molar-refractivity contribution >= 4 is 23.4 Å². The zero-order valence-electron chi connectivity index (χ0n) is 8.74. The number of aromatic amines is 1. The summed E-state index contributed by atoms with van der Waals surface area (Å²) in [6, 6.07) is 1.25. The van der Waals surface area contributed by atoms with E-state index in [0.29, 0.717) is 12.5 Å². The Labute approximate surface area is 102 Å². The largest absolute Gasteiger partial charge is 0.329 e. The fourth-order valence-corrected chi connectivity index (χ4v) is 3.23. The van der Waals surface area contributed by atoms with E-state index in [4.69, 9.17) is 11.6 Å². The number of hydrogen-bond acceptors (Lipinski definition) is 3. The number of thioether (sulfide) groups is 1. The zero-order chi connectivity index (χ0) is 11.5. The van der Waals surface area contributed by atoms with E-state index in [1.54, 1.807) is 0 Å². The van der Waals surface area contributed by atoms with Crippen LogP contribution in [0.15, 0.2) is 15.7 Å². The molecule has 88 valence electrons. The standard InChI is InChI=1S/C10H13ClN2O2S/c11-8-5-9(14)13(10(15)12-8)6-7-1-3-16-4-2-7/h5,7H,1-4,6H2,(H,12,15). The Morgan fingerprint density at radius 2 is 2.12 bits per heavy atom. The van der Waals surface area contributed by atoms with Crippen LogP contribution < -0.4 is 11.2 Å². The van der Waals surface area contributed by atoms with Crippen LogP contribution >= 0.6 is 23.4 Å². The van der Waals surface area contributed by atoms with Crippen molar-refractivity contribution in [2.24, 2.45) is 5.92 Å². The van der Waals surface area contributed by atoms with Gasteiger partial charge in [-0.05, 0) is 30.3 Å². The summed E-state index contributed by atoms with van der Waals surface area (Å²) in [7, 11) is 0. The lowest BCUT2D eigenvalue weighted by atomic mass is 10.0. The highest BCUT2D eigenvalue weighted by Gasteiger charge is 2.16. The molecule has 0 spiro atoms. The van der Waals surface area contributed by atoms with Gasteiger partial charge in [0.1, 0.15) is 5.15 Å². The van der Waals surface area contributed by atoms with Crippen molar-refractivity contribution in [3.8, 4) is 0 Å². The maximum absolute atomic E-state index is 11.6. The van der Waals surface area contributed by atoms with E-state index in [1.165, 1.54) is 10.6 Å². The second-order valence-electron chi connectivity index (χ2n) is 3.93. The molecular weight excluding hydrogens is 248 g/mol. The van der Waals surface area contributed by atoms with Gasteiger partial charge in [0.05, 0.1) is 0 Å². The number of H-pyrrole nitrogens is 1. The van der Waals surface area contributed by atoms with Crippen molar-refractivity contribution in [3.05, 3.63) is 32.1 Å². The van der Waals surface area contributed by atoms with Gasteiger partial charge in [-0.15, -0.1) is 0 Å². The van der Waals surface area contributed by atoms with Crippen molar-refractivity contribution < 1.29 is 0 Å². The summed E-state index contributed by atoms with van der Waals surface area (Å²) in [5.41, 5.74) is -0.720. The first-order valence-corrected chi connectivity index (χ1v) is 6.77. The van der Waals surface area contributed by atoms with E-state index in [-0.39, 0.29) is 10.7 Å². The number of nitrogens with zero attached hydrogens (tertiary/aromatic N) is 1. The molecule has 0 atom stereocenters. The third-order valence-electron chi connectivity index (χ3n) is 2.77. The van der Waals surface area contributed by atoms with Crippen LogP contribution in [0.4, 0.5) is 0 Å². The summed E-state index contributed by atoms with van der Waals surface area (Å²) >= 11 is 7.52. The molecule has 0 saturated carbocycles. The molecule has 2 heterocycles. The zero-order valence-corrected chi connectivity index (χ0v) is 10.3. The Bertz CT molecular complexity index is 445. The molecule has 16 heavy (non-hydrogen) atoms. The molecule has 2 rings (SSSR count). The smallest absolute Gasteiger partial charge is 0.298 e. The molecule has 1 aromatic rings. The van der Waals surface area contributed by atoms with Gasteiger partial charge in [0.2, 0.25) is 0 Å². The van der Waals surface area contributed by atoms with Crippen LogP contribution in [-0.4, -0.2) is 21.1 Å². The van der Waals surface area contributed by atoms with Crippen molar-refractivity contribution in [1.29, 1.82) is 0 Å². The molecular formula is C10H13ClN2O2S. The fraction of sp³-hybridized carbons (Fsp3) is 0.600. The predicted molar refractivity (Wildman–Crippen MR) is 66.4 cm³/mol. The highest BCUT2D eigenvalue weighted by atomic mass is 35.5. The molecule has 0 bridgehead atoms. The summed E-state index contributed by atoms with van der Waals surface area (Å²) in [5.74, 6) is 2.66. The minimum Gasteiger partial charge on any atom is -0.298 e. The van der Waals surface area contributed by atoms with Gasteiger partial charge in [0, 0.05) is 12.6 Å². The Kier molecular flexibility index (Phi) is 3.76. The van der Waals surface area contributed by atoms with Gasteiger partial charge in [-0.25, -0.2) is 4.79 Å². The van der Waals surface area contributed by atoms with E-state index in [0.717, 1.165) is 24.3 Å². The average Bonchev–Trinajstić information content (AvgIpc) is 2.25. The summed E-state index contributed by atoms with van der Waals surface area (Å²) < 4.78 is 1.24. The Morgan fingerprint density at radius 3 is 2.75 bits per heavy atom. The van der Waals surface area contributed by atoms with Crippen LogP contribution in [0.1, 0.15) is 12.8 Å². The van der Waals surface area contributed by atoms with Gasteiger partial charge in [-0.1, -0.05) is 11.6 Å². The third kappa shape index (κ3) is 2.71. The lowest BCUT2D eigenvalue weighted by Crippen LogP contribution is -2.37. The minimum atomic E-state index is -0.407. The average molecular weight is 261 g/mol. The highest BCUT2D eigenvalue weighted by Crippen LogP contribution is 2.23. The quantitative estimate of drug-likeness (QED) is 0.817. The van der Waals surface area contributed by atoms with Gasteiger partial charge >= 0.3 is 5.69 Å². The highest BCUT2D eigenvalue weighted by molar-refractivity contribution is 7.99. The van der Waals surface area contributed by atoms with E-state index in [2.05, 4.69) is 4.98 Å². The lowest BCUT2D eigenvalue weighted by Gasteiger charge is -2.21. The van der Waals surface area contributed by atoms with Gasteiger partial charge in [-0.2, -0.15) is 11.8 Å². The van der Waals surface area contributed by atoms with Gasteiger partial charge in [0.25, 0.3) is 5.56 Å². The first-order valence-electron chi connectivity index (χ1n) is 5.24. The molecule has 0 radical (unpaired) electrons. The topological polar surface area (TPSA) is 54.9 Å². The summed E-state index contributed by atoms with van der Waals surface area (Å²) in [5, 5.41) is 0.102. The molecule has 0 amide bonds. The number of aromatic nitrogens is 2. The normalized spacial score (nSPS) is 17.6. The van der Waals surface area contributed by atoms with Crippen molar-refractivity contribution in [3.63, 3.8) is 0 Å². The van der Waals surface area contributed by atoms with E-state index in [1.807, 2.05) is 11.8 Å². The van der Waals surface area contributed by atoms with Crippen LogP contribution in [0, 0.1) is 5.92 Å². The maximum atomic E-state index is 11.6. The molecule has 6 heteroatoms. The molecule has 1 fully saturated rings. The monoisotopic (exact) mass is 260 g/mol. The molecule has 1 N–H and O–H groups in total. The molecule has 4 nitrogen and oxygen atoms in total. The van der Waals surface area contributed by atoms with Crippen molar-refractivity contribution in [2.75, 3.05) is 11.5 Å². The first-order chi connectivity index (χ1) is 7.66. The molecule has 0 aliphatic carbocycles. The van der Waals surface area contributed by atoms with Gasteiger partial charge in [-0.3, -0.25) is 14.3 Å². The summed E-state index contributed by atoms with van der Waals surface area (Å²) in [4.78, 5) is 25.6. The number of rotatable bonds is 2. The van der Waals surface area contributed by atoms with E-state index < -0.39 is 5.69 Å². The second kappa shape index (κ2) is 5.10. The molecule has 0 unspecified atom stereocenters. The Balaban J connectivity index is 2.20. The summed E-state index contributed by atoms with van der Waals surface area (Å²) in [6.45, 7) is 0.506. The maximum Gasteiger partial charge on any atom is 0.329 e. The van der Waals surface area contributed by atoms with Crippen LogP contribution in [0.5, 0.6) is 0 Å². The number of hydrogen-bond donors (Lipinski definition) is 1. The molecule has 1 aromatic heterocycles. The van der Waals surface area contributed by atoms with Crippen molar-refractivity contribution in [2.45, 2.75) is 19.4 Å². The molecule has 1 aliphatic heterocycles. The van der Waals surface area contributed by atoms with Gasteiger partial charge < -0.3 is 0 Å². The fourth-order valence-electron chi connectivity index (χ4n) is 1.85. The summed E-state index contributed by atoms with van der Waals surface area (Å²) in [6.07, 6.45) is 2.14. The first kappa shape index (κ1) is 11.8. The minimum absolute atomic E-state index is 0.102. The second-order valence-corrected chi connectivity index (χ2v) is 5.56. The Morgan fingerprint density at radius 1 is 1.44 bits per heavy atom. The molecule has 1 saturated heterocycles. The van der Waals surface area contributed by atoms with Crippen LogP contribution in [0.25, 0.3) is 0 Å². The predicted octanol–water partition coefficient (Wildman–Crippen LogP) is 1.33. The van der Waals surface area contributed by atoms with Crippen molar-refractivity contribution in [1.82, 2.24) is 9.55 Å². The van der Waals surface area contributed by atoms with Crippen LogP contribution in [-0.2, 0) is 6.54 Å². The molecule has 1 aliphatic rings. The van der Waals surface area contributed by atoms with E-state index in [9.17, 15) is 9.59 Å². The number of halogens is 1. The van der Waals surface area contributed by atoms with E-state index >= 15 is 0 Å². The van der Waals surface area contributed by atoms with Crippen LogP contribution in [0.2, 0.25) is 5.15 Å². The third-order valence-corrected chi connectivity index (χ3v) is 4.02.